The summed E-state index contributed by atoms with van der Waals surface area (Å²) >= 11 is 7.70. The summed E-state index contributed by atoms with van der Waals surface area (Å²) in [7, 11) is 0. The van der Waals surface area contributed by atoms with Gasteiger partial charge in [0.2, 0.25) is 0 Å². The van der Waals surface area contributed by atoms with Crippen molar-refractivity contribution in [3.05, 3.63) is 40.7 Å². The second-order valence-corrected chi connectivity index (χ2v) is 4.58. The maximum absolute atomic E-state index is 6.13. The summed E-state index contributed by atoms with van der Waals surface area (Å²) in [5.41, 5.74) is 7.64. The van der Waals surface area contributed by atoms with E-state index in [4.69, 9.17) is 17.3 Å². The van der Waals surface area contributed by atoms with Gasteiger partial charge in [0, 0.05) is 17.3 Å². The Morgan fingerprint density at radius 1 is 1.44 bits per heavy atom. The Kier molecular flexibility index (Phi) is 3.82. The second kappa shape index (κ2) is 5.34. The van der Waals surface area contributed by atoms with E-state index in [0.29, 0.717) is 6.54 Å². The molecule has 2 aromatic rings. The van der Waals surface area contributed by atoms with Crippen LogP contribution in [0.2, 0.25) is 5.02 Å². The van der Waals surface area contributed by atoms with Gasteiger partial charge in [-0.3, -0.25) is 5.10 Å². The summed E-state index contributed by atoms with van der Waals surface area (Å²) < 4.78 is 0. The fourth-order valence-corrected chi connectivity index (χ4v) is 2.38. The minimum atomic E-state index is 0.509. The number of H-pyrrole nitrogens is 1. The minimum Gasteiger partial charge on any atom is -0.326 e. The molecule has 0 amide bonds. The number of nitrogens with two attached hydrogens (primary N) is 1. The average molecular weight is 255 g/mol. The lowest BCUT2D eigenvalue weighted by atomic mass is 10.1. The van der Waals surface area contributed by atoms with Gasteiger partial charge >= 0.3 is 0 Å². The third-order valence-corrected chi connectivity index (χ3v) is 3.39. The summed E-state index contributed by atoms with van der Waals surface area (Å²) in [6.07, 6.45) is 1.49. The molecule has 6 heteroatoms. The maximum Gasteiger partial charge on any atom is 0.183 e. The van der Waals surface area contributed by atoms with Gasteiger partial charge in [-0.05, 0) is 17.2 Å². The van der Waals surface area contributed by atoms with Gasteiger partial charge in [0.15, 0.2) is 5.16 Å². The molecule has 0 radical (unpaired) electrons. The molecule has 3 N–H and O–H groups in total. The lowest BCUT2D eigenvalue weighted by Crippen LogP contribution is -1.96. The first-order chi connectivity index (χ1) is 7.79. The van der Waals surface area contributed by atoms with Crippen LogP contribution in [0.5, 0.6) is 0 Å². The zero-order valence-corrected chi connectivity index (χ0v) is 10.1. The molecule has 1 aromatic heterocycles. The highest BCUT2D eigenvalue weighted by Crippen LogP contribution is 2.25. The standard InChI is InChI=1S/C10H11ClN4S/c11-9-3-7(4-12)1-2-8(9)5-16-10-13-6-14-15-10/h1-3,6H,4-5,12H2,(H,13,14,15). The number of halogens is 1. The molecule has 0 atom stereocenters. The number of benzene rings is 1. The normalized spacial score (nSPS) is 10.6. The topological polar surface area (TPSA) is 67.6 Å². The molecule has 2 rings (SSSR count). The SMILES string of the molecule is NCc1ccc(CSc2ncn[nH]2)c(Cl)c1. The highest BCUT2D eigenvalue weighted by molar-refractivity contribution is 7.98. The average Bonchev–Trinajstić information content (AvgIpc) is 2.80. The van der Waals surface area contributed by atoms with Crippen molar-refractivity contribution >= 4 is 23.4 Å². The van der Waals surface area contributed by atoms with E-state index in [1.54, 1.807) is 11.8 Å². The van der Waals surface area contributed by atoms with Gasteiger partial charge in [0.25, 0.3) is 0 Å². The number of thioether (sulfide) groups is 1. The monoisotopic (exact) mass is 254 g/mol. The van der Waals surface area contributed by atoms with E-state index in [1.807, 2.05) is 18.2 Å². The van der Waals surface area contributed by atoms with Gasteiger partial charge in [-0.1, -0.05) is 35.5 Å². The van der Waals surface area contributed by atoms with Crippen LogP contribution in [-0.2, 0) is 12.3 Å². The Bertz CT molecular complexity index is 458. The third-order valence-electron chi connectivity index (χ3n) is 2.11. The Morgan fingerprint density at radius 3 is 2.94 bits per heavy atom. The van der Waals surface area contributed by atoms with E-state index >= 15 is 0 Å². The summed E-state index contributed by atoms with van der Waals surface area (Å²) in [5.74, 6) is 0.763. The zero-order chi connectivity index (χ0) is 11.4. The molecule has 0 bridgehead atoms. The predicted molar refractivity (Wildman–Crippen MR) is 65.3 cm³/mol. The number of hydrogen-bond donors (Lipinski definition) is 2. The maximum atomic E-state index is 6.13. The third kappa shape index (κ3) is 2.75. The van der Waals surface area contributed by atoms with Crippen molar-refractivity contribution < 1.29 is 0 Å². The van der Waals surface area contributed by atoms with E-state index in [-0.39, 0.29) is 0 Å². The van der Waals surface area contributed by atoms with Gasteiger partial charge in [0.1, 0.15) is 6.33 Å². The van der Waals surface area contributed by atoms with Crippen molar-refractivity contribution in [2.24, 2.45) is 5.73 Å². The molecule has 1 heterocycles. The molecule has 0 fully saturated rings. The van der Waals surface area contributed by atoms with Crippen molar-refractivity contribution in [1.82, 2.24) is 15.2 Å². The van der Waals surface area contributed by atoms with E-state index in [9.17, 15) is 0 Å². The Morgan fingerprint density at radius 2 is 2.31 bits per heavy atom. The largest absolute Gasteiger partial charge is 0.326 e. The molecule has 0 aliphatic heterocycles. The molecule has 1 aromatic carbocycles. The Balaban J connectivity index is 2.04. The molecule has 84 valence electrons. The highest BCUT2D eigenvalue weighted by atomic mass is 35.5. The van der Waals surface area contributed by atoms with Crippen LogP contribution in [0.1, 0.15) is 11.1 Å². The fraction of sp³-hybridized carbons (Fsp3) is 0.200. The minimum absolute atomic E-state index is 0.509. The molecule has 0 saturated heterocycles. The molecule has 0 aliphatic carbocycles. The molecular formula is C10H11ClN4S. The number of rotatable bonds is 4. The molecule has 0 unspecified atom stereocenters. The first-order valence-corrected chi connectivity index (χ1v) is 6.11. The summed E-state index contributed by atoms with van der Waals surface area (Å²) in [5, 5.41) is 8.10. The van der Waals surface area contributed by atoms with E-state index in [0.717, 1.165) is 27.1 Å². The highest BCUT2D eigenvalue weighted by Gasteiger charge is 2.03. The lowest BCUT2D eigenvalue weighted by molar-refractivity contribution is 0.972. The van der Waals surface area contributed by atoms with Crippen LogP contribution in [0, 0.1) is 0 Å². The number of nitrogens with zero attached hydrogens (tertiary/aromatic N) is 2. The second-order valence-electron chi connectivity index (χ2n) is 3.21. The van der Waals surface area contributed by atoms with Crippen LogP contribution in [0.25, 0.3) is 0 Å². The van der Waals surface area contributed by atoms with Crippen molar-refractivity contribution in [2.75, 3.05) is 0 Å². The Hall–Kier alpha value is -1.04. The first-order valence-electron chi connectivity index (χ1n) is 4.75. The summed E-state index contributed by atoms with van der Waals surface area (Å²) in [6.45, 7) is 0.509. The number of aromatic amines is 1. The van der Waals surface area contributed by atoms with Crippen LogP contribution in [0.4, 0.5) is 0 Å². The van der Waals surface area contributed by atoms with E-state index in [1.165, 1.54) is 6.33 Å². The van der Waals surface area contributed by atoms with Gasteiger partial charge < -0.3 is 5.73 Å². The van der Waals surface area contributed by atoms with E-state index in [2.05, 4.69) is 15.2 Å². The van der Waals surface area contributed by atoms with Crippen molar-refractivity contribution in [2.45, 2.75) is 17.5 Å². The van der Waals surface area contributed by atoms with Crippen LogP contribution in [-0.4, -0.2) is 15.2 Å². The summed E-state index contributed by atoms with van der Waals surface area (Å²) in [4.78, 5) is 4.03. The predicted octanol–water partition coefficient (Wildman–Crippen LogP) is 2.21. The van der Waals surface area contributed by atoms with Crippen molar-refractivity contribution in [3.63, 3.8) is 0 Å². The van der Waals surface area contributed by atoms with Gasteiger partial charge in [-0.2, -0.15) is 5.10 Å². The van der Waals surface area contributed by atoms with Crippen LogP contribution < -0.4 is 5.73 Å². The first kappa shape index (κ1) is 11.4. The molecular weight excluding hydrogens is 244 g/mol. The summed E-state index contributed by atoms with van der Waals surface area (Å²) in [6, 6.07) is 5.88. The van der Waals surface area contributed by atoms with Crippen LogP contribution in [0.3, 0.4) is 0 Å². The van der Waals surface area contributed by atoms with Crippen LogP contribution in [0.15, 0.2) is 29.7 Å². The smallest absolute Gasteiger partial charge is 0.183 e. The molecule has 0 aliphatic rings. The Labute approximate surface area is 103 Å². The number of aromatic nitrogens is 3. The van der Waals surface area contributed by atoms with Gasteiger partial charge in [-0.25, -0.2) is 4.98 Å². The number of hydrogen-bond acceptors (Lipinski definition) is 4. The number of nitrogens with one attached hydrogen (secondary N) is 1. The van der Waals surface area contributed by atoms with Crippen LogP contribution >= 0.6 is 23.4 Å². The van der Waals surface area contributed by atoms with E-state index < -0.39 is 0 Å². The zero-order valence-electron chi connectivity index (χ0n) is 8.48. The van der Waals surface area contributed by atoms with Crippen molar-refractivity contribution in [3.8, 4) is 0 Å². The lowest BCUT2D eigenvalue weighted by Gasteiger charge is -2.04. The molecule has 0 saturated carbocycles. The quantitative estimate of drug-likeness (QED) is 0.821. The van der Waals surface area contributed by atoms with Gasteiger partial charge in [0.05, 0.1) is 0 Å². The molecule has 4 nitrogen and oxygen atoms in total. The molecule has 16 heavy (non-hydrogen) atoms. The fourth-order valence-electron chi connectivity index (χ4n) is 1.24. The van der Waals surface area contributed by atoms with Gasteiger partial charge in [-0.15, -0.1) is 0 Å². The molecule has 0 spiro atoms. The van der Waals surface area contributed by atoms with Crippen molar-refractivity contribution in [1.29, 1.82) is 0 Å².